The minimum absolute atomic E-state index is 0.251. The standard InChI is InChI=1S/C13H16O/c1-10(14)8-11-6-7-12-4-2-3-5-13(12)9-11/h6-7,9H,2-5,8H2,1H3. The number of Topliss-reactive ketones (excluding diaryl/α,β-unsaturated/α-hetero) is 1. The predicted molar refractivity (Wildman–Crippen MR) is 57.5 cm³/mol. The van der Waals surface area contributed by atoms with Crippen LogP contribution < -0.4 is 0 Å². The topological polar surface area (TPSA) is 17.1 Å². The van der Waals surface area contributed by atoms with Crippen LogP contribution >= 0.6 is 0 Å². The third-order valence-electron chi connectivity index (χ3n) is 2.87. The number of hydrogen-bond acceptors (Lipinski definition) is 1. The average molecular weight is 188 g/mol. The number of carbonyl (C=O) groups is 1. The maximum Gasteiger partial charge on any atom is 0.134 e. The molecule has 0 radical (unpaired) electrons. The molecule has 0 atom stereocenters. The summed E-state index contributed by atoms with van der Waals surface area (Å²) in [6, 6.07) is 6.52. The highest BCUT2D eigenvalue weighted by atomic mass is 16.1. The number of ketones is 1. The van der Waals surface area contributed by atoms with E-state index in [0.717, 1.165) is 0 Å². The summed E-state index contributed by atoms with van der Waals surface area (Å²) in [4.78, 5) is 11.0. The Bertz CT molecular complexity index is 352. The molecule has 0 aliphatic heterocycles. The first-order chi connectivity index (χ1) is 6.75. The highest BCUT2D eigenvalue weighted by Crippen LogP contribution is 2.22. The van der Waals surface area contributed by atoms with Crippen LogP contribution in [0.25, 0.3) is 0 Å². The van der Waals surface area contributed by atoms with Crippen molar-refractivity contribution < 1.29 is 4.79 Å². The van der Waals surface area contributed by atoms with E-state index in [2.05, 4.69) is 18.2 Å². The molecule has 0 heterocycles. The van der Waals surface area contributed by atoms with Gasteiger partial charge in [0, 0.05) is 6.42 Å². The lowest BCUT2D eigenvalue weighted by atomic mass is 9.90. The fourth-order valence-corrected chi connectivity index (χ4v) is 2.18. The van der Waals surface area contributed by atoms with Crippen LogP contribution in [0.4, 0.5) is 0 Å². The lowest BCUT2D eigenvalue weighted by Crippen LogP contribution is -2.04. The Balaban J connectivity index is 2.24. The van der Waals surface area contributed by atoms with Crippen LogP contribution in [0.3, 0.4) is 0 Å². The van der Waals surface area contributed by atoms with Crippen LogP contribution in [0, 0.1) is 0 Å². The Labute approximate surface area is 85.1 Å². The number of carbonyl (C=O) groups excluding carboxylic acids is 1. The third-order valence-corrected chi connectivity index (χ3v) is 2.87. The number of aryl methyl sites for hydroxylation is 2. The molecule has 0 saturated carbocycles. The molecular formula is C13H16O. The first-order valence-corrected chi connectivity index (χ1v) is 5.36. The van der Waals surface area contributed by atoms with Crippen molar-refractivity contribution in [3.8, 4) is 0 Å². The maximum absolute atomic E-state index is 11.0. The van der Waals surface area contributed by atoms with Crippen LogP contribution in [-0.4, -0.2) is 5.78 Å². The Morgan fingerprint density at radius 2 is 1.93 bits per heavy atom. The van der Waals surface area contributed by atoms with Gasteiger partial charge in [-0.3, -0.25) is 4.79 Å². The summed E-state index contributed by atoms with van der Waals surface area (Å²) in [5, 5.41) is 0. The van der Waals surface area contributed by atoms with Crippen LogP contribution in [-0.2, 0) is 24.1 Å². The summed E-state index contributed by atoms with van der Waals surface area (Å²) in [7, 11) is 0. The van der Waals surface area contributed by atoms with Gasteiger partial charge in [-0.25, -0.2) is 0 Å². The molecule has 1 aromatic carbocycles. The molecule has 0 amide bonds. The van der Waals surface area contributed by atoms with Gasteiger partial charge in [0.05, 0.1) is 0 Å². The van der Waals surface area contributed by atoms with E-state index in [1.54, 1.807) is 6.92 Å². The van der Waals surface area contributed by atoms with Crippen molar-refractivity contribution in [1.29, 1.82) is 0 Å². The van der Waals surface area contributed by atoms with E-state index < -0.39 is 0 Å². The molecule has 0 N–H and O–H groups in total. The lowest BCUT2D eigenvalue weighted by Gasteiger charge is -2.16. The molecule has 0 fully saturated rings. The average Bonchev–Trinajstić information content (AvgIpc) is 2.17. The van der Waals surface area contributed by atoms with Crippen LogP contribution in [0.1, 0.15) is 36.5 Å². The Morgan fingerprint density at radius 1 is 1.21 bits per heavy atom. The van der Waals surface area contributed by atoms with Gasteiger partial charge in [-0.05, 0) is 49.3 Å². The molecular weight excluding hydrogens is 172 g/mol. The zero-order valence-corrected chi connectivity index (χ0v) is 8.68. The fraction of sp³-hybridized carbons (Fsp3) is 0.462. The molecule has 1 aliphatic carbocycles. The molecule has 0 bridgehead atoms. The van der Waals surface area contributed by atoms with Crippen LogP contribution in [0.15, 0.2) is 18.2 Å². The minimum Gasteiger partial charge on any atom is -0.300 e. The molecule has 0 unspecified atom stereocenters. The summed E-state index contributed by atoms with van der Waals surface area (Å²) in [6.07, 6.45) is 5.62. The van der Waals surface area contributed by atoms with Gasteiger partial charge in [0.1, 0.15) is 5.78 Å². The molecule has 0 saturated heterocycles. The van der Waals surface area contributed by atoms with Gasteiger partial charge >= 0.3 is 0 Å². The Kier molecular flexibility index (Phi) is 2.67. The van der Waals surface area contributed by atoms with Crippen molar-refractivity contribution >= 4 is 5.78 Å². The number of rotatable bonds is 2. The van der Waals surface area contributed by atoms with Gasteiger partial charge in [-0.2, -0.15) is 0 Å². The van der Waals surface area contributed by atoms with Gasteiger partial charge in [-0.15, -0.1) is 0 Å². The van der Waals surface area contributed by atoms with Gasteiger partial charge in [-0.1, -0.05) is 18.2 Å². The fourth-order valence-electron chi connectivity index (χ4n) is 2.18. The van der Waals surface area contributed by atoms with Gasteiger partial charge in [0.2, 0.25) is 0 Å². The quantitative estimate of drug-likeness (QED) is 0.697. The van der Waals surface area contributed by atoms with E-state index in [4.69, 9.17) is 0 Å². The highest BCUT2D eigenvalue weighted by Gasteiger charge is 2.09. The molecule has 1 nitrogen and oxygen atoms in total. The molecule has 1 heteroatoms. The second-order valence-corrected chi connectivity index (χ2v) is 4.19. The molecule has 74 valence electrons. The van der Waals surface area contributed by atoms with Crippen molar-refractivity contribution in [1.82, 2.24) is 0 Å². The molecule has 0 spiro atoms. The summed E-state index contributed by atoms with van der Waals surface area (Å²) in [5.74, 6) is 0.251. The smallest absolute Gasteiger partial charge is 0.134 e. The second-order valence-electron chi connectivity index (χ2n) is 4.19. The summed E-state index contributed by atoms with van der Waals surface area (Å²) < 4.78 is 0. The number of fused-ring (bicyclic) bond motifs is 1. The normalized spacial score (nSPS) is 14.9. The van der Waals surface area contributed by atoms with Crippen molar-refractivity contribution in [3.05, 3.63) is 34.9 Å². The Hall–Kier alpha value is -1.11. The van der Waals surface area contributed by atoms with Gasteiger partial charge < -0.3 is 0 Å². The summed E-state index contributed by atoms with van der Waals surface area (Å²) in [6.45, 7) is 1.65. The third kappa shape index (κ3) is 2.03. The Morgan fingerprint density at radius 3 is 2.64 bits per heavy atom. The van der Waals surface area contributed by atoms with E-state index in [9.17, 15) is 4.79 Å². The molecule has 0 aromatic heterocycles. The maximum atomic E-state index is 11.0. The summed E-state index contributed by atoms with van der Waals surface area (Å²) >= 11 is 0. The second kappa shape index (κ2) is 3.95. The van der Waals surface area contributed by atoms with Crippen molar-refractivity contribution in [2.24, 2.45) is 0 Å². The van der Waals surface area contributed by atoms with Crippen molar-refractivity contribution in [3.63, 3.8) is 0 Å². The van der Waals surface area contributed by atoms with E-state index >= 15 is 0 Å². The zero-order chi connectivity index (χ0) is 9.97. The van der Waals surface area contributed by atoms with E-state index in [1.807, 2.05) is 0 Å². The van der Waals surface area contributed by atoms with Crippen LogP contribution in [0.2, 0.25) is 0 Å². The predicted octanol–water partition coefficient (Wildman–Crippen LogP) is 2.70. The number of hydrogen-bond donors (Lipinski definition) is 0. The highest BCUT2D eigenvalue weighted by molar-refractivity contribution is 5.78. The van der Waals surface area contributed by atoms with E-state index in [-0.39, 0.29) is 5.78 Å². The largest absolute Gasteiger partial charge is 0.300 e. The number of benzene rings is 1. The molecule has 1 aromatic rings. The lowest BCUT2D eigenvalue weighted by molar-refractivity contribution is -0.116. The first kappa shape index (κ1) is 9.45. The molecule has 14 heavy (non-hydrogen) atoms. The van der Waals surface area contributed by atoms with Crippen molar-refractivity contribution in [2.45, 2.75) is 39.0 Å². The zero-order valence-electron chi connectivity index (χ0n) is 8.68. The SMILES string of the molecule is CC(=O)Cc1ccc2c(c1)CCCC2. The molecule has 2 rings (SSSR count). The van der Waals surface area contributed by atoms with Crippen LogP contribution in [0.5, 0.6) is 0 Å². The minimum atomic E-state index is 0.251. The van der Waals surface area contributed by atoms with E-state index in [0.29, 0.717) is 6.42 Å². The molecule has 1 aliphatic rings. The van der Waals surface area contributed by atoms with Crippen molar-refractivity contribution in [2.75, 3.05) is 0 Å². The van der Waals surface area contributed by atoms with Gasteiger partial charge in [0.25, 0.3) is 0 Å². The first-order valence-electron chi connectivity index (χ1n) is 5.36. The van der Waals surface area contributed by atoms with Gasteiger partial charge in [0.15, 0.2) is 0 Å². The monoisotopic (exact) mass is 188 g/mol. The van der Waals surface area contributed by atoms with E-state index in [1.165, 1.54) is 42.4 Å². The summed E-state index contributed by atoms with van der Waals surface area (Å²) in [5.41, 5.74) is 4.14.